The largest absolute Gasteiger partial charge is 0.419 e. The van der Waals surface area contributed by atoms with Crippen LogP contribution in [0.25, 0.3) is 11.1 Å². The third kappa shape index (κ3) is 3.00. The lowest BCUT2D eigenvalue weighted by molar-refractivity contribution is 0.528. The first kappa shape index (κ1) is 16.1. The maximum Gasteiger partial charge on any atom is 0.419 e. The molecule has 9 heteroatoms. The Labute approximate surface area is 144 Å². The minimum Gasteiger partial charge on any atom is -0.408 e. The first-order valence-corrected chi connectivity index (χ1v) is 9.54. The number of benzene rings is 1. The van der Waals surface area contributed by atoms with E-state index in [-0.39, 0.29) is 11.4 Å². The highest BCUT2D eigenvalue weighted by Crippen LogP contribution is 2.38. The van der Waals surface area contributed by atoms with E-state index in [1.54, 1.807) is 6.20 Å². The number of oxazole rings is 1. The molecule has 1 aliphatic rings. The summed E-state index contributed by atoms with van der Waals surface area (Å²) in [4.78, 5) is 16.0. The minimum absolute atomic E-state index is 0.101. The van der Waals surface area contributed by atoms with Crippen molar-refractivity contribution in [2.24, 2.45) is 7.05 Å². The fourth-order valence-electron chi connectivity index (χ4n) is 2.87. The maximum atomic E-state index is 12.5. The second kappa shape index (κ2) is 5.85. The molecule has 0 amide bonds. The summed E-state index contributed by atoms with van der Waals surface area (Å²) in [5.41, 5.74) is 0.803. The van der Waals surface area contributed by atoms with Gasteiger partial charge in [-0.1, -0.05) is 0 Å². The molecule has 4 rings (SSSR count). The number of aryl methyl sites for hydroxylation is 1. The molecule has 3 aromatic rings. The van der Waals surface area contributed by atoms with Crippen LogP contribution in [0.2, 0.25) is 0 Å². The number of nitrogens with zero attached hydrogens (tertiary/aromatic N) is 3. The molecule has 0 unspecified atom stereocenters. The Kier molecular flexibility index (Phi) is 3.77. The fourth-order valence-corrected chi connectivity index (χ4v) is 3.91. The molecule has 132 valence electrons. The van der Waals surface area contributed by atoms with Crippen molar-refractivity contribution < 1.29 is 12.8 Å². The first-order valence-electron chi connectivity index (χ1n) is 8.06. The zero-order chi connectivity index (χ0) is 17.6. The molecule has 1 saturated carbocycles. The van der Waals surface area contributed by atoms with Gasteiger partial charge in [-0.3, -0.25) is 4.57 Å². The molecule has 0 aliphatic heterocycles. The van der Waals surface area contributed by atoms with Gasteiger partial charge in [0.25, 0.3) is 0 Å². The Bertz CT molecular complexity index is 1090. The summed E-state index contributed by atoms with van der Waals surface area (Å²) in [6, 6.07) is 4.36. The molecule has 1 aliphatic carbocycles. The van der Waals surface area contributed by atoms with Crippen molar-refractivity contribution in [1.29, 1.82) is 0 Å². The van der Waals surface area contributed by atoms with Crippen molar-refractivity contribution in [2.45, 2.75) is 30.2 Å². The zero-order valence-corrected chi connectivity index (χ0v) is 14.5. The molecular formula is C16H18N4O4S. The van der Waals surface area contributed by atoms with E-state index < -0.39 is 15.8 Å². The Morgan fingerprint density at radius 1 is 1.36 bits per heavy atom. The van der Waals surface area contributed by atoms with Crippen molar-refractivity contribution in [3.05, 3.63) is 47.0 Å². The molecule has 8 nitrogen and oxygen atoms in total. The summed E-state index contributed by atoms with van der Waals surface area (Å²) in [6.07, 6.45) is 5.91. The van der Waals surface area contributed by atoms with Crippen molar-refractivity contribution >= 4 is 21.1 Å². The summed E-state index contributed by atoms with van der Waals surface area (Å²) in [6.45, 7) is 0.790. The van der Waals surface area contributed by atoms with Crippen LogP contribution in [-0.2, 0) is 23.6 Å². The minimum atomic E-state index is -3.67. The lowest BCUT2D eigenvalue weighted by Crippen LogP contribution is -2.27. The normalized spacial score (nSPS) is 15.1. The third-order valence-corrected chi connectivity index (χ3v) is 5.87. The van der Waals surface area contributed by atoms with Crippen molar-refractivity contribution in [3.8, 4) is 0 Å². The maximum absolute atomic E-state index is 12.5. The van der Waals surface area contributed by atoms with E-state index in [2.05, 4.69) is 9.71 Å². The highest BCUT2D eigenvalue weighted by molar-refractivity contribution is 7.89. The van der Waals surface area contributed by atoms with Crippen molar-refractivity contribution in [1.82, 2.24) is 18.8 Å². The van der Waals surface area contributed by atoms with Crippen LogP contribution in [-0.4, -0.2) is 29.1 Å². The summed E-state index contributed by atoms with van der Waals surface area (Å²) in [5.74, 6) is 1.01. The molecule has 2 heterocycles. The number of sulfonamides is 1. The van der Waals surface area contributed by atoms with Gasteiger partial charge in [0.05, 0.1) is 10.4 Å². The lowest BCUT2D eigenvalue weighted by Gasteiger charge is -2.09. The van der Waals surface area contributed by atoms with Crippen LogP contribution >= 0.6 is 0 Å². The van der Waals surface area contributed by atoms with Crippen LogP contribution in [0.3, 0.4) is 0 Å². The Balaban J connectivity index is 1.50. The molecular weight excluding hydrogens is 344 g/mol. The number of nitrogens with one attached hydrogen (secondary N) is 1. The highest BCUT2D eigenvalue weighted by atomic mass is 32.2. The number of aromatic nitrogens is 3. The van der Waals surface area contributed by atoms with Crippen LogP contribution in [0.15, 0.2) is 44.7 Å². The quantitative estimate of drug-likeness (QED) is 0.710. The second-order valence-electron chi connectivity index (χ2n) is 6.21. The smallest absolute Gasteiger partial charge is 0.408 e. The molecule has 1 fully saturated rings. The zero-order valence-electron chi connectivity index (χ0n) is 13.7. The van der Waals surface area contributed by atoms with Gasteiger partial charge in [0.1, 0.15) is 5.82 Å². The van der Waals surface area contributed by atoms with Crippen LogP contribution in [0.4, 0.5) is 0 Å². The Hall–Kier alpha value is -2.39. The van der Waals surface area contributed by atoms with Gasteiger partial charge in [-0.25, -0.2) is 22.9 Å². The van der Waals surface area contributed by atoms with E-state index in [0.717, 1.165) is 18.7 Å². The number of hydrogen-bond acceptors (Lipinski definition) is 5. The van der Waals surface area contributed by atoms with Gasteiger partial charge in [0, 0.05) is 38.4 Å². The molecule has 0 bridgehead atoms. The van der Waals surface area contributed by atoms with Gasteiger partial charge >= 0.3 is 5.76 Å². The van der Waals surface area contributed by atoms with Gasteiger partial charge in [0.2, 0.25) is 10.0 Å². The number of rotatable bonds is 6. The highest BCUT2D eigenvalue weighted by Gasteiger charge is 2.27. The van der Waals surface area contributed by atoms with E-state index in [9.17, 15) is 13.2 Å². The Morgan fingerprint density at radius 2 is 2.16 bits per heavy atom. The van der Waals surface area contributed by atoms with Gasteiger partial charge in [0.15, 0.2) is 5.58 Å². The second-order valence-corrected chi connectivity index (χ2v) is 7.97. The van der Waals surface area contributed by atoms with Crippen LogP contribution in [0.5, 0.6) is 0 Å². The summed E-state index contributed by atoms with van der Waals surface area (Å²) in [5, 5.41) is 0. The van der Waals surface area contributed by atoms with Gasteiger partial charge < -0.3 is 8.98 Å². The van der Waals surface area contributed by atoms with E-state index >= 15 is 0 Å². The summed E-state index contributed by atoms with van der Waals surface area (Å²) in [7, 11) is -2.13. The SMILES string of the molecule is Cn1c(=O)oc2ccc(S(=O)(=O)NCCn3ccnc3C3CC3)cc21. The van der Waals surface area contributed by atoms with Crippen LogP contribution in [0.1, 0.15) is 24.6 Å². The molecule has 1 N–H and O–H groups in total. The van der Waals surface area contributed by atoms with Gasteiger partial charge in [-0.05, 0) is 31.0 Å². The molecule has 0 spiro atoms. The average molecular weight is 362 g/mol. The van der Waals surface area contributed by atoms with Crippen molar-refractivity contribution in [3.63, 3.8) is 0 Å². The van der Waals surface area contributed by atoms with Crippen molar-refractivity contribution in [2.75, 3.05) is 6.54 Å². The predicted octanol–water partition coefficient (Wildman–Crippen LogP) is 1.18. The third-order valence-electron chi connectivity index (χ3n) is 4.41. The van der Waals surface area contributed by atoms with Crippen LogP contribution < -0.4 is 10.5 Å². The average Bonchev–Trinajstić information content (AvgIpc) is 3.25. The molecule has 1 aromatic carbocycles. The molecule has 0 saturated heterocycles. The van der Waals surface area contributed by atoms with Gasteiger partial charge in [-0.15, -0.1) is 0 Å². The summed E-state index contributed by atoms with van der Waals surface area (Å²) < 4.78 is 35.9. The predicted molar refractivity (Wildman–Crippen MR) is 90.8 cm³/mol. The molecule has 0 radical (unpaired) electrons. The number of fused-ring (bicyclic) bond motifs is 1. The Morgan fingerprint density at radius 3 is 2.92 bits per heavy atom. The lowest BCUT2D eigenvalue weighted by atomic mass is 10.3. The molecule has 0 atom stereocenters. The number of hydrogen-bond donors (Lipinski definition) is 1. The van der Waals surface area contributed by atoms with Crippen LogP contribution in [0, 0.1) is 0 Å². The first-order chi connectivity index (χ1) is 12.0. The fraction of sp³-hybridized carbons (Fsp3) is 0.375. The van der Waals surface area contributed by atoms with E-state index in [1.807, 2.05) is 10.8 Å². The van der Waals surface area contributed by atoms with E-state index in [4.69, 9.17) is 4.42 Å². The standard InChI is InChI=1S/C16H18N4O4S/c1-19-13-10-12(4-5-14(13)24-16(19)21)25(22,23)18-7-9-20-8-6-17-15(20)11-2-3-11/h4-6,8,10-11,18H,2-3,7,9H2,1H3. The summed E-state index contributed by atoms with van der Waals surface area (Å²) >= 11 is 0. The molecule has 2 aromatic heterocycles. The van der Waals surface area contributed by atoms with E-state index in [1.165, 1.54) is 29.8 Å². The van der Waals surface area contributed by atoms with E-state index in [0.29, 0.717) is 23.6 Å². The number of imidazole rings is 1. The topological polar surface area (TPSA) is 99.1 Å². The molecule has 25 heavy (non-hydrogen) atoms. The van der Waals surface area contributed by atoms with Gasteiger partial charge in [-0.2, -0.15) is 0 Å². The monoisotopic (exact) mass is 362 g/mol.